The fourth-order valence-corrected chi connectivity index (χ4v) is 3.00. The minimum Gasteiger partial charge on any atom is -0.340 e. The van der Waals surface area contributed by atoms with Gasteiger partial charge < -0.3 is 10.2 Å². The van der Waals surface area contributed by atoms with Crippen LogP contribution < -0.4 is 5.32 Å². The van der Waals surface area contributed by atoms with E-state index in [1.54, 1.807) is 11.3 Å². The number of nitrogens with one attached hydrogen (secondary N) is 1. The van der Waals surface area contributed by atoms with Gasteiger partial charge in [0.05, 0.1) is 10.7 Å². The minimum absolute atomic E-state index is 0.273. The number of hydrogen-bond acceptors (Lipinski definition) is 5. The van der Waals surface area contributed by atoms with Crippen LogP contribution in [0.4, 0.5) is 0 Å². The lowest BCUT2D eigenvalue weighted by atomic mass is 10.2. The first-order valence-electron chi connectivity index (χ1n) is 7.31. The molecule has 1 aliphatic heterocycles. The van der Waals surface area contributed by atoms with Crippen molar-refractivity contribution in [2.45, 2.75) is 26.8 Å². The van der Waals surface area contributed by atoms with Crippen LogP contribution in [0, 0.1) is 6.92 Å². The van der Waals surface area contributed by atoms with Gasteiger partial charge >= 0.3 is 0 Å². The summed E-state index contributed by atoms with van der Waals surface area (Å²) in [6.45, 7) is 10.3. The molecule has 0 radical (unpaired) electrons. The van der Waals surface area contributed by atoms with Crippen LogP contribution >= 0.6 is 11.3 Å². The van der Waals surface area contributed by atoms with Gasteiger partial charge in [0, 0.05) is 51.1 Å². The Bertz CT molecular complexity index is 427. The van der Waals surface area contributed by atoms with Gasteiger partial charge in [-0.2, -0.15) is 0 Å². The summed E-state index contributed by atoms with van der Waals surface area (Å²) in [4.78, 5) is 20.9. The summed E-state index contributed by atoms with van der Waals surface area (Å²) in [6.07, 6.45) is 0.610. The van der Waals surface area contributed by atoms with E-state index in [4.69, 9.17) is 0 Å². The Labute approximate surface area is 125 Å². The van der Waals surface area contributed by atoms with Crippen molar-refractivity contribution in [1.29, 1.82) is 0 Å². The van der Waals surface area contributed by atoms with Crippen LogP contribution in [0.1, 0.15) is 24.0 Å². The second kappa shape index (κ2) is 7.71. The second-order valence-corrected chi connectivity index (χ2v) is 6.18. The van der Waals surface area contributed by atoms with E-state index >= 15 is 0 Å². The molecule has 1 aromatic rings. The van der Waals surface area contributed by atoms with Gasteiger partial charge in [-0.1, -0.05) is 6.92 Å². The highest BCUT2D eigenvalue weighted by molar-refractivity contribution is 7.09. The van der Waals surface area contributed by atoms with Gasteiger partial charge in [0.1, 0.15) is 0 Å². The molecule has 112 valence electrons. The molecular formula is C14H24N4OS. The summed E-state index contributed by atoms with van der Waals surface area (Å²) in [5, 5.41) is 6.45. The molecule has 5 nitrogen and oxygen atoms in total. The summed E-state index contributed by atoms with van der Waals surface area (Å²) >= 11 is 1.70. The highest BCUT2D eigenvalue weighted by Gasteiger charge is 2.21. The van der Waals surface area contributed by atoms with Crippen molar-refractivity contribution in [2.24, 2.45) is 0 Å². The zero-order valence-corrected chi connectivity index (χ0v) is 13.2. The number of thiazole rings is 1. The van der Waals surface area contributed by atoms with Crippen molar-refractivity contribution in [3.63, 3.8) is 0 Å². The smallest absolute Gasteiger partial charge is 0.223 e. The first kappa shape index (κ1) is 15.4. The topological polar surface area (TPSA) is 48.5 Å². The number of hydrogen-bond donors (Lipinski definition) is 1. The molecule has 0 unspecified atom stereocenters. The molecule has 1 fully saturated rings. The van der Waals surface area contributed by atoms with Crippen molar-refractivity contribution < 1.29 is 4.79 Å². The maximum absolute atomic E-state index is 12.0. The van der Waals surface area contributed by atoms with E-state index in [0.717, 1.165) is 56.5 Å². The molecule has 0 aliphatic carbocycles. The molecule has 2 heterocycles. The Morgan fingerprint density at radius 1 is 1.40 bits per heavy atom. The molecule has 0 bridgehead atoms. The fourth-order valence-electron chi connectivity index (χ4n) is 2.40. The Hall–Kier alpha value is -0.980. The monoisotopic (exact) mass is 296 g/mol. The predicted molar refractivity (Wildman–Crippen MR) is 81.9 cm³/mol. The van der Waals surface area contributed by atoms with Crippen molar-refractivity contribution in [3.05, 3.63) is 16.1 Å². The van der Waals surface area contributed by atoms with Crippen LogP contribution in [0.15, 0.2) is 5.38 Å². The van der Waals surface area contributed by atoms with Crippen molar-refractivity contribution in [3.8, 4) is 0 Å². The molecule has 0 saturated carbocycles. The Morgan fingerprint density at radius 3 is 2.75 bits per heavy atom. The van der Waals surface area contributed by atoms with Crippen LogP contribution in [0.3, 0.4) is 0 Å². The SMILES string of the molecule is CCNCCC(=O)N1CCN(Cc2csc(C)n2)CC1. The molecule has 0 aromatic carbocycles. The van der Waals surface area contributed by atoms with Crippen molar-refractivity contribution in [2.75, 3.05) is 39.3 Å². The van der Waals surface area contributed by atoms with Gasteiger partial charge in [-0.05, 0) is 13.5 Å². The van der Waals surface area contributed by atoms with E-state index < -0.39 is 0 Å². The number of amides is 1. The summed E-state index contributed by atoms with van der Waals surface area (Å²) < 4.78 is 0. The summed E-state index contributed by atoms with van der Waals surface area (Å²) in [5.41, 5.74) is 1.15. The zero-order chi connectivity index (χ0) is 14.4. The van der Waals surface area contributed by atoms with Crippen LogP contribution in [0.25, 0.3) is 0 Å². The van der Waals surface area contributed by atoms with Gasteiger partial charge in [-0.15, -0.1) is 11.3 Å². The van der Waals surface area contributed by atoms with E-state index in [2.05, 4.69) is 27.5 Å². The largest absolute Gasteiger partial charge is 0.340 e. The Balaban J connectivity index is 1.70. The van der Waals surface area contributed by atoms with E-state index in [-0.39, 0.29) is 5.91 Å². The third-order valence-electron chi connectivity index (χ3n) is 3.54. The predicted octanol–water partition coefficient (Wildman–Crippen LogP) is 1.10. The lowest BCUT2D eigenvalue weighted by molar-refractivity contribution is -0.132. The molecule has 1 aliphatic rings. The maximum Gasteiger partial charge on any atom is 0.223 e. The zero-order valence-electron chi connectivity index (χ0n) is 12.4. The van der Waals surface area contributed by atoms with Gasteiger partial charge in [-0.3, -0.25) is 9.69 Å². The van der Waals surface area contributed by atoms with Crippen molar-refractivity contribution in [1.82, 2.24) is 20.1 Å². The van der Waals surface area contributed by atoms with Crippen LogP contribution in [0.5, 0.6) is 0 Å². The molecule has 6 heteroatoms. The lowest BCUT2D eigenvalue weighted by Crippen LogP contribution is -2.48. The second-order valence-electron chi connectivity index (χ2n) is 5.12. The fraction of sp³-hybridized carbons (Fsp3) is 0.714. The molecule has 1 aromatic heterocycles. The highest BCUT2D eigenvalue weighted by Crippen LogP contribution is 2.12. The van der Waals surface area contributed by atoms with Crippen molar-refractivity contribution >= 4 is 17.2 Å². The number of piperazine rings is 1. The highest BCUT2D eigenvalue weighted by atomic mass is 32.1. The average Bonchev–Trinajstić information content (AvgIpc) is 2.85. The van der Waals surface area contributed by atoms with Crippen LogP contribution in [-0.4, -0.2) is 60.0 Å². The number of aryl methyl sites for hydroxylation is 1. The summed E-state index contributed by atoms with van der Waals surface area (Å²) in [7, 11) is 0. The van der Waals surface area contributed by atoms with Gasteiger partial charge in [0.2, 0.25) is 5.91 Å². The third kappa shape index (κ3) is 4.54. The quantitative estimate of drug-likeness (QED) is 0.799. The van der Waals surface area contributed by atoms with E-state index in [9.17, 15) is 4.79 Å². The number of carbonyl (C=O) groups is 1. The Kier molecular flexibility index (Phi) is 5.94. The molecule has 1 N–H and O–H groups in total. The van der Waals surface area contributed by atoms with Gasteiger partial charge in [0.25, 0.3) is 0 Å². The van der Waals surface area contributed by atoms with E-state index in [1.165, 1.54) is 0 Å². The molecule has 0 atom stereocenters. The average molecular weight is 296 g/mol. The molecule has 1 saturated heterocycles. The minimum atomic E-state index is 0.273. The number of nitrogens with zero attached hydrogens (tertiary/aromatic N) is 3. The van der Waals surface area contributed by atoms with E-state index in [1.807, 2.05) is 11.8 Å². The summed E-state index contributed by atoms with van der Waals surface area (Å²) in [6, 6.07) is 0. The molecular weight excluding hydrogens is 272 g/mol. The number of rotatable bonds is 6. The van der Waals surface area contributed by atoms with Crippen LogP contribution in [0.2, 0.25) is 0 Å². The standard InChI is InChI=1S/C14H24N4OS/c1-3-15-5-4-14(19)18-8-6-17(7-9-18)10-13-11-20-12(2)16-13/h11,15H,3-10H2,1-2H3. The molecule has 2 rings (SSSR count). The molecule has 1 amide bonds. The Morgan fingerprint density at radius 2 is 2.15 bits per heavy atom. The first-order chi connectivity index (χ1) is 9.69. The van der Waals surface area contributed by atoms with Gasteiger partial charge in [-0.25, -0.2) is 4.98 Å². The van der Waals surface area contributed by atoms with Crippen LogP contribution in [-0.2, 0) is 11.3 Å². The third-order valence-corrected chi connectivity index (χ3v) is 4.37. The first-order valence-corrected chi connectivity index (χ1v) is 8.19. The number of aromatic nitrogens is 1. The summed E-state index contributed by atoms with van der Waals surface area (Å²) in [5.74, 6) is 0.273. The normalized spacial score (nSPS) is 16.6. The van der Waals surface area contributed by atoms with Gasteiger partial charge in [0.15, 0.2) is 0 Å². The number of carbonyl (C=O) groups excluding carboxylic acids is 1. The maximum atomic E-state index is 12.0. The molecule has 20 heavy (non-hydrogen) atoms. The lowest BCUT2D eigenvalue weighted by Gasteiger charge is -2.34. The molecule has 0 spiro atoms. The van der Waals surface area contributed by atoms with E-state index in [0.29, 0.717) is 6.42 Å².